The molecule has 0 bridgehead atoms. The van der Waals surface area contributed by atoms with E-state index in [-0.39, 0.29) is 30.9 Å². The van der Waals surface area contributed by atoms with E-state index in [0.717, 1.165) is 26.2 Å². The van der Waals surface area contributed by atoms with Crippen LogP contribution in [-0.4, -0.2) is 60.1 Å². The second kappa shape index (κ2) is 7.29. The molecule has 0 saturated carbocycles. The molecule has 4 nitrogen and oxygen atoms in total. The molecule has 1 heterocycles. The number of aliphatic carboxylic acids is 1. The van der Waals surface area contributed by atoms with Crippen LogP contribution in [0.15, 0.2) is 0 Å². The molecular formula is C8H18Cl2N2O2. The van der Waals surface area contributed by atoms with Crippen LogP contribution >= 0.6 is 24.8 Å². The summed E-state index contributed by atoms with van der Waals surface area (Å²) in [4.78, 5) is 14.8. The van der Waals surface area contributed by atoms with E-state index in [1.54, 1.807) is 6.92 Å². The molecule has 1 aliphatic rings. The Bertz CT molecular complexity index is 173. The Balaban J connectivity index is 0. The van der Waals surface area contributed by atoms with Crippen LogP contribution in [0.1, 0.15) is 6.92 Å². The lowest BCUT2D eigenvalue weighted by atomic mass is 10.2. The number of likely N-dealkylation sites (N-methyl/N-ethyl adjacent to an activating group) is 1. The molecule has 1 saturated heterocycles. The van der Waals surface area contributed by atoms with Gasteiger partial charge in [0.05, 0.1) is 0 Å². The zero-order valence-electron chi connectivity index (χ0n) is 8.47. The van der Waals surface area contributed by atoms with Crippen LogP contribution < -0.4 is 0 Å². The van der Waals surface area contributed by atoms with Gasteiger partial charge in [-0.25, -0.2) is 0 Å². The summed E-state index contributed by atoms with van der Waals surface area (Å²) < 4.78 is 0. The summed E-state index contributed by atoms with van der Waals surface area (Å²) in [5.74, 6) is -0.723. The maximum atomic E-state index is 10.6. The highest BCUT2D eigenvalue weighted by Gasteiger charge is 2.23. The van der Waals surface area contributed by atoms with Gasteiger partial charge in [0.25, 0.3) is 0 Å². The van der Waals surface area contributed by atoms with Crippen LogP contribution in [0.4, 0.5) is 0 Å². The summed E-state index contributed by atoms with van der Waals surface area (Å²) >= 11 is 0. The number of carbonyl (C=O) groups is 1. The van der Waals surface area contributed by atoms with Gasteiger partial charge in [-0.05, 0) is 14.0 Å². The topological polar surface area (TPSA) is 43.8 Å². The first-order chi connectivity index (χ1) is 5.61. The molecule has 0 spiro atoms. The summed E-state index contributed by atoms with van der Waals surface area (Å²) in [6.45, 7) is 5.41. The lowest BCUT2D eigenvalue weighted by Gasteiger charge is -2.34. The van der Waals surface area contributed by atoms with Crippen LogP contribution in [0.25, 0.3) is 0 Å². The van der Waals surface area contributed by atoms with Crippen LogP contribution in [0.2, 0.25) is 0 Å². The molecule has 14 heavy (non-hydrogen) atoms. The van der Waals surface area contributed by atoms with Crippen molar-refractivity contribution in [1.29, 1.82) is 0 Å². The SMILES string of the molecule is C[C@@H](C(=O)O)N1CCN(C)CC1.Cl.Cl. The second-order valence-corrected chi connectivity index (χ2v) is 3.35. The molecule has 0 aromatic rings. The lowest BCUT2D eigenvalue weighted by molar-refractivity contribution is -0.143. The summed E-state index contributed by atoms with van der Waals surface area (Å²) in [5.41, 5.74) is 0. The summed E-state index contributed by atoms with van der Waals surface area (Å²) in [5, 5.41) is 8.74. The second-order valence-electron chi connectivity index (χ2n) is 3.35. The summed E-state index contributed by atoms with van der Waals surface area (Å²) in [7, 11) is 2.06. The molecule has 0 aliphatic carbocycles. The van der Waals surface area contributed by atoms with Crippen molar-refractivity contribution in [2.45, 2.75) is 13.0 Å². The van der Waals surface area contributed by atoms with Gasteiger partial charge in [-0.3, -0.25) is 9.69 Å². The number of piperazine rings is 1. The molecule has 0 aromatic heterocycles. The fourth-order valence-corrected chi connectivity index (χ4v) is 1.37. The van der Waals surface area contributed by atoms with Gasteiger partial charge in [-0.15, -0.1) is 24.8 Å². The third-order valence-corrected chi connectivity index (χ3v) is 2.44. The Morgan fingerprint density at radius 3 is 2.00 bits per heavy atom. The zero-order chi connectivity index (χ0) is 9.14. The standard InChI is InChI=1S/C8H16N2O2.2ClH/c1-7(8(11)12)10-5-3-9(2)4-6-10;;/h7H,3-6H2,1-2H3,(H,11,12);2*1H/t7-;;/m0../s1. The molecule has 0 amide bonds. The van der Waals surface area contributed by atoms with Gasteiger partial charge in [0.2, 0.25) is 0 Å². The Hall–Kier alpha value is -0.0300. The van der Waals surface area contributed by atoms with Crippen molar-refractivity contribution in [3.05, 3.63) is 0 Å². The van der Waals surface area contributed by atoms with E-state index in [1.807, 2.05) is 4.90 Å². The number of hydrogen-bond acceptors (Lipinski definition) is 3. The number of hydrogen-bond donors (Lipinski definition) is 1. The van der Waals surface area contributed by atoms with Crippen molar-refractivity contribution in [2.75, 3.05) is 33.2 Å². The lowest BCUT2D eigenvalue weighted by Crippen LogP contribution is -2.50. The molecule has 0 unspecified atom stereocenters. The van der Waals surface area contributed by atoms with E-state index in [1.165, 1.54) is 0 Å². The largest absolute Gasteiger partial charge is 0.480 e. The highest BCUT2D eigenvalue weighted by molar-refractivity contribution is 5.85. The number of rotatable bonds is 2. The first kappa shape index (κ1) is 16.4. The Kier molecular flexibility index (Phi) is 8.54. The molecule has 1 fully saturated rings. The van der Waals surface area contributed by atoms with Crippen molar-refractivity contribution < 1.29 is 9.90 Å². The van der Waals surface area contributed by atoms with E-state index in [2.05, 4.69) is 11.9 Å². The van der Waals surface area contributed by atoms with E-state index < -0.39 is 5.97 Å². The highest BCUT2D eigenvalue weighted by Crippen LogP contribution is 2.04. The average Bonchev–Trinajstić information content (AvgIpc) is 2.04. The predicted octanol–water partition coefficient (Wildman–Crippen LogP) is 0.551. The third-order valence-electron chi connectivity index (χ3n) is 2.44. The van der Waals surface area contributed by atoms with Gasteiger partial charge in [0.1, 0.15) is 6.04 Å². The first-order valence-electron chi connectivity index (χ1n) is 4.26. The van der Waals surface area contributed by atoms with E-state index in [9.17, 15) is 4.79 Å². The minimum atomic E-state index is -0.723. The van der Waals surface area contributed by atoms with E-state index in [4.69, 9.17) is 5.11 Å². The third kappa shape index (κ3) is 4.46. The molecule has 1 atom stereocenters. The maximum absolute atomic E-state index is 10.6. The maximum Gasteiger partial charge on any atom is 0.320 e. The Morgan fingerprint density at radius 1 is 1.21 bits per heavy atom. The quantitative estimate of drug-likeness (QED) is 0.771. The van der Waals surface area contributed by atoms with Gasteiger partial charge < -0.3 is 10.0 Å². The van der Waals surface area contributed by atoms with Gasteiger partial charge in [0.15, 0.2) is 0 Å². The number of halogens is 2. The molecule has 1 N–H and O–H groups in total. The van der Waals surface area contributed by atoms with Crippen molar-refractivity contribution in [3.63, 3.8) is 0 Å². The molecule has 6 heteroatoms. The Morgan fingerprint density at radius 2 is 1.64 bits per heavy atom. The minimum absolute atomic E-state index is 0. The van der Waals surface area contributed by atoms with E-state index in [0.29, 0.717) is 0 Å². The van der Waals surface area contributed by atoms with Crippen molar-refractivity contribution in [1.82, 2.24) is 9.80 Å². The van der Waals surface area contributed by atoms with Crippen LogP contribution in [0, 0.1) is 0 Å². The normalized spacial score (nSPS) is 20.4. The number of carboxylic acids is 1. The molecule has 1 rings (SSSR count). The summed E-state index contributed by atoms with van der Waals surface area (Å²) in [6.07, 6.45) is 0. The smallest absolute Gasteiger partial charge is 0.320 e. The Labute approximate surface area is 97.1 Å². The molecule has 1 aliphatic heterocycles. The van der Waals surface area contributed by atoms with Gasteiger partial charge in [0, 0.05) is 26.2 Å². The van der Waals surface area contributed by atoms with Crippen LogP contribution in [0.3, 0.4) is 0 Å². The molecule has 0 aromatic carbocycles. The predicted molar refractivity (Wildman–Crippen MR) is 60.7 cm³/mol. The monoisotopic (exact) mass is 244 g/mol. The van der Waals surface area contributed by atoms with Crippen LogP contribution in [0.5, 0.6) is 0 Å². The molecular weight excluding hydrogens is 227 g/mol. The highest BCUT2D eigenvalue weighted by atomic mass is 35.5. The number of carboxylic acid groups (broad SMARTS) is 1. The van der Waals surface area contributed by atoms with Crippen molar-refractivity contribution in [3.8, 4) is 0 Å². The van der Waals surface area contributed by atoms with Crippen molar-refractivity contribution in [2.24, 2.45) is 0 Å². The van der Waals surface area contributed by atoms with Crippen molar-refractivity contribution >= 4 is 30.8 Å². The van der Waals surface area contributed by atoms with Gasteiger partial charge >= 0.3 is 5.97 Å². The van der Waals surface area contributed by atoms with Crippen LogP contribution in [-0.2, 0) is 4.79 Å². The summed E-state index contributed by atoms with van der Waals surface area (Å²) in [6, 6.07) is -0.335. The number of nitrogens with zero attached hydrogens (tertiary/aromatic N) is 2. The van der Waals surface area contributed by atoms with E-state index >= 15 is 0 Å². The molecule has 0 radical (unpaired) electrons. The minimum Gasteiger partial charge on any atom is -0.480 e. The molecule has 86 valence electrons. The fourth-order valence-electron chi connectivity index (χ4n) is 1.37. The van der Waals surface area contributed by atoms with Gasteiger partial charge in [-0.1, -0.05) is 0 Å². The zero-order valence-corrected chi connectivity index (χ0v) is 10.1. The fraction of sp³-hybridized carbons (Fsp3) is 0.875. The first-order valence-corrected chi connectivity index (χ1v) is 4.26. The average molecular weight is 245 g/mol. The van der Waals surface area contributed by atoms with Gasteiger partial charge in [-0.2, -0.15) is 0 Å².